The van der Waals surface area contributed by atoms with E-state index >= 15 is 0 Å². The summed E-state index contributed by atoms with van der Waals surface area (Å²) in [5.74, 6) is 0.629. The first-order valence-electron chi connectivity index (χ1n) is 12.0. The van der Waals surface area contributed by atoms with Crippen LogP contribution in [0.5, 0.6) is 11.5 Å². The quantitative estimate of drug-likeness (QED) is 0.235. The smallest absolute Gasteiger partial charge is 0.410 e. The number of hydrogen-bond acceptors (Lipinski definition) is 4. The van der Waals surface area contributed by atoms with Gasteiger partial charge in [-0.3, -0.25) is 0 Å². The van der Waals surface area contributed by atoms with E-state index in [0.29, 0.717) is 34.2 Å². The summed E-state index contributed by atoms with van der Waals surface area (Å²) in [4.78, 5) is 29.4. The van der Waals surface area contributed by atoms with Gasteiger partial charge in [0, 0.05) is 0 Å². The molecule has 0 bridgehead atoms. The van der Waals surface area contributed by atoms with Crippen LogP contribution < -0.4 is 19.3 Å². The number of para-hydroxylation sites is 4. The highest BCUT2D eigenvalue weighted by Gasteiger charge is 2.22. The molecular weight excluding hydrogens is 476 g/mol. The SMILES string of the molecule is O=C(Oc1ccc(OC(=O)N(c2ccccc2)c2ccccc2)cc1)N(c1ccccc1)c1ccccc1. The van der Waals surface area contributed by atoms with Crippen molar-refractivity contribution in [3.63, 3.8) is 0 Å². The standard InChI is InChI=1S/C32H24N2O4/c35-31(33(25-13-5-1-6-14-25)26-15-7-2-8-16-26)37-29-21-23-30(24-22-29)38-32(36)34(27-17-9-3-10-18-27)28-19-11-4-12-20-28/h1-24H. The van der Waals surface area contributed by atoms with Crippen LogP contribution in [0.15, 0.2) is 146 Å². The number of rotatable bonds is 6. The molecule has 38 heavy (non-hydrogen) atoms. The summed E-state index contributed by atoms with van der Waals surface area (Å²) in [5.41, 5.74) is 2.71. The van der Waals surface area contributed by atoms with Crippen molar-refractivity contribution in [2.24, 2.45) is 0 Å². The van der Waals surface area contributed by atoms with E-state index < -0.39 is 12.2 Å². The van der Waals surface area contributed by atoms with E-state index in [0.717, 1.165) is 0 Å². The largest absolute Gasteiger partial charge is 0.424 e. The van der Waals surface area contributed by atoms with E-state index in [1.807, 2.05) is 121 Å². The third-order valence-electron chi connectivity index (χ3n) is 5.66. The predicted molar refractivity (Wildman–Crippen MR) is 149 cm³/mol. The highest BCUT2D eigenvalue weighted by atomic mass is 16.6. The Morgan fingerprint density at radius 2 is 0.605 bits per heavy atom. The number of carbonyl (C=O) groups excluding carboxylic acids is 2. The first-order chi connectivity index (χ1) is 18.7. The molecule has 6 nitrogen and oxygen atoms in total. The monoisotopic (exact) mass is 500 g/mol. The molecule has 0 N–H and O–H groups in total. The summed E-state index contributed by atoms with van der Waals surface area (Å²) in [5, 5.41) is 0. The second kappa shape index (κ2) is 11.6. The number of benzene rings is 5. The molecule has 0 fully saturated rings. The number of nitrogens with zero attached hydrogens (tertiary/aromatic N) is 2. The van der Waals surface area contributed by atoms with E-state index in [1.54, 1.807) is 24.3 Å². The van der Waals surface area contributed by atoms with Gasteiger partial charge in [-0.25, -0.2) is 19.4 Å². The molecule has 0 aliphatic heterocycles. The summed E-state index contributed by atoms with van der Waals surface area (Å²) in [6.45, 7) is 0. The summed E-state index contributed by atoms with van der Waals surface area (Å²) in [6.07, 6.45) is -1.13. The van der Waals surface area contributed by atoms with Gasteiger partial charge < -0.3 is 9.47 Å². The van der Waals surface area contributed by atoms with Crippen molar-refractivity contribution in [2.45, 2.75) is 0 Å². The molecular formula is C32H24N2O4. The van der Waals surface area contributed by atoms with Gasteiger partial charge in [-0.1, -0.05) is 72.8 Å². The Labute approximate surface area is 220 Å². The van der Waals surface area contributed by atoms with E-state index in [2.05, 4.69) is 0 Å². The number of anilines is 4. The Morgan fingerprint density at radius 1 is 0.368 bits per heavy atom. The zero-order valence-electron chi connectivity index (χ0n) is 20.4. The van der Waals surface area contributed by atoms with Gasteiger partial charge in [-0.2, -0.15) is 0 Å². The topological polar surface area (TPSA) is 59.1 Å². The molecule has 0 aromatic heterocycles. The Bertz CT molecular complexity index is 1280. The van der Waals surface area contributed by atoms with Gasteiger partial charge in [0.15, 0.2) is 0 Å². The zero-order chi connectivity index (χ0) is 26.2. The van der Waals surface area contributed by atoms with Crippen molar-refractivity contribution >= 4 is 34.9 Å². The van der Waals surface area contributed by atoms with Crippen molar-refractivity contribution in [3.05, 3.63) is 146 Å². The minimum Gasteiger partial charge on any atom is -0.410 e. The lowest BCUT2D eigenvalue weighted by Gasteiger charge is -2.23. The van der Waals surface area contributed by atoms with Gasteiger partial charge in [0.05, 0.1) is 22.7 Å². The fraction of sp³-hybridized carbons (Fsp3) is 0. The van der Waals surface area contributed by atoms with Crippen molar-refractivity contribution in [1.29, 1.82) is 0 Å². The molecule has 0 aliphatic carbocycles. The average Bonchev–Trinajstić information content (AvgIpc) is 2.97. The fourth-order valence-electron chi connectivity index (χ4n) is 3.90. The lowest BCUT2D eigenvalue weighted by molar-refractivity contribution is 0.208. The number of amides is 2. The van der Waals surface area contributed by atoms with Crippen molar-refractivity contribution in [1.82, 2.24) is 0 Å². The molecule has 0 aliphatic rings. The number of hydrogen-bond donors (Lipinski definition) is 0. The molecule has 5 aromatic rings. The van der Waals surface area contributed by atoms with Crippen molar-refractivity contribution < 1.29 is 19.1 Å². The number of ether oxygens (including phenoxy) is 2. The normalized spacial score (nSPS) is 10.3. The van der Waals surface area contributed by atoms with Crippen LogP contribution in [0.2, 0.25) is 0 Å². The van der Waals surface area contributed by atoms with Crippen LogP contribution in [0.25, 0.3) is 0 Å². The van der Waals surface area contributed by atoms with Crippen LogP contribution in [-0.4, -0.2) is 12.2 Å². The molecule has 186 valence electrons. The van der Waals surface area contributed by atoms with Crippen LogP contribution in [0.4, 0.5) is 32.3 Å². The van der Waals surface area contributed by atoms with Crippen LogP contribution in [-0.2, 0) is 0 Å². The Kier molecular flexibility index (Phi) is 7.42. The van der Waals surface area contributed by atoms with Gasteiger partial charge >= 0.3 is 12.2 Å². The summed E-state index contributed by atoms with van der Waals surface area (Å²) < 4.78 is 11.3. The predicted octanol–water partition coefficient (Wildman–Crippen LogP) is 8.36. The minimum absolute atomic E-state index is 0.314. The van der Waals surface area contributed by atoms with E-state index in [-0.39, 0.29) is 0 Å². The third kappa shape index (κ3) is 5.71. The molecule has 0 radical (unpaired) electrons. The van der Waals surface area contributed by atoms with E-state index in [1.165, 1.54) is 9.80 Å². The highest BCUT2D eigenvalue weighted by Crippen LogP contribution is 2.29. The maximum Gasteiger partial charge on any atom is 0.424 e. The van der Waals surface area contributed by atoms with Gasteiger partial charge in [-0.05, 0) is 72.8 Å². The molecule has 5 aromatic carbocycles. The first kappa shape index (κ1) is 24.3. The van der Waals surface area contributed by atoms with Crippen LogP contribution in [0, 0.1) is 0 Å². The van der Waals surface area contributed by atoms with Gasteiger partial charge in [-0.15, -0.1) is 0 Å². The average molecular weight is 501 g/mol. The maximum atomic E-state index is 13.2. The second-order valence-corrected chi connectivity index (χ2v) is 8.22. The Hall–Kier alpha value is -5.36. The lowest BCUT2D eigenvalue weighted by atomic mass is 10.2. The molecule has 0 spiro atoms. The minimum atomic E-state index is -0.563. The summed E-state index contributed by atoms with van der Waals surface area (Å²) in [7, 11) is 0. The van der Waals surface area contributed by atoms with Gasteiger partial charge in [0.25, 0.3) is 0 Å². The molecule has 6 heteroatoms. The van der Waals surface area contributed by atoms with Crippen LogP contribution in [0.3, 0.4) is 0 Å². The van der Waals surface area contributed by atoms with Gasteiger partial charge in [0.1, 0.15) is 11.5 Å². The molecule has 0 unspecified atom stereocenters. The third-order valence-corrected chi connectivity index (χ3v) is 5.66. The van der Waals surface area contributed by atoms with Crippen molar-refractivity contribution in [2.75, 3.05) is 9.80 Å². The van der Waals surface area contributed by atoms with E-state index in [4.69, 9.17) is 9.47 Å². The number of carbonyl (C=O) groups is 2. The molecule has 5 rings (SSSR count). The lowest BCUT2D eigenvalue weighted by Crippen LogP contribution is -2.29. The van der Waals surface area contributed by atoms with Gasteiger partial charge in [0.2, 0.25) is 0 Å². The summed E-state index contributed by atoms with van der Waals surface area (Å²) in [6, 6.07) is 43.4. The highest BCUT2D eigenvalue weighted by molar-refractivity contribution is 5.98. The fourth-order valence-corrected chi connectivity index (χ4v) is 3.90. The van der Waals surface area contributed by atoms with Crippen LogP contribution >= 0.6 is 0 Å². The van der Waals surface area contributed by atoms with Crippen molar-refractivity contribution in [3.8, 4) is 11.5 Å². The molecule has 0 saturated carbocycles. The van der Waals surface area contributed by atoms with E-state index in [9.17, 15) is 9.59 Å². The Morgan fingerprint density at radius 3 is 0.842 bits per heavy atom. The first-order valence-corrected chi connectivity index (χ1v) is 12.0. The Balaban J connectivity index is 1.32. The van der Waals surface area contributed by atoms with Crippen LogP contribution in [0.1, 0.15) is 0 Å². The molecule has 2 amide bonds. The maximum absolute atomic E-state index is 13.2. The summed E-state index contributed by atoms with van der Waals surface area (Å²) >= 11 is 0. The second-order valence-electron chi connectivity index (χ2n) is 8.22. The molecule has 0 saturated heterocycles. The zero-order valence-corrected chi connectivity index (χ0v) is 20.4. The molecule has 0 atom stereocenters. The molecule has 0 heterocycles.